The smallest absolute Gasteiger partial charge is 0.151 e. The number of aromatic nitrogens is 2. The molecule has 0 aliphatic carbocycles. The van der Waals surface area contributed by atoms with Gasteiger partial charge in [-0.05, 0) is 26.0 Å². The number of nitrogens with zero attached hydrogens (tertiary/aromatic N) is 3. The molecular formula is C8H12ClN3. The molecule has 1 rings (SSSR count). The first-order chi connectivity index (χ1) is 5.61. The Balaban J connectivity index is 2.82. The van der Waals surface area contributed by atoms with Gasteiger partial charge in [-0.2, -0.15) is 0 Å². The highest BCUT2D eigenvalue weighted by Gasteiger charge is 2.05. The fourth-order valence-corrected chi connectivity index (χ4v) is 0.862. The third-order valence-corrected chi connectivity index (χ3v) is 1.96. The summed E-state index contributed by atoms with van der Waals surface area (Å²) >= 11 is 5.60. The molecule has 0 spiro atoms. The van der Waals surface area contributed by atoms with E-state index in [1.807, 2.05) is 18.0 Å². The van der Waals surface area contributed by atoms with Crippen molar-refractivity contribution in [3.05, 3.63) is 17.3 Å². The van der Waals surface area contributed by atoms with Crippen molar-refractivity contribution in [2.75, 3.05) is 11.9 Å². The van der Waals surface area contributed by atoms with Crippen LogP contribution in [0.1, 0.15) is 13.8 Å². The standard InChI is InChI=1S/C8H12ClN3/c1-6(2)12(3)8-5-4-7(9)10-11-8/h4-6H,1-3H3. The van der Waals surface area contributed by atoms with Gasteiger partial charge in [0.25, 0.3) is 0 Å². The Hall–Kier alpha value is -0.830. The van der Waals surface area contributed by atoms with E-state index in [4.69, 9.17) is 11.6 Å². The Bertz CT molecular complexity index is 245. The Morgan fingerprint density at radius 3 is 2.42 bits per heavy atom. The van der Waals surface area contributed by atoms with Crippen LogP contribution in [0.4, 0.5) is 5.82 Å². The van der Waals surface area contributed by atoms with Gasteiger partial charge in [-0.3, -0.25) is 0 Å². The predicted molar refractivity (Wildman–Crippen MR) is 50.6 cm³/mol. The average Bonchev–Trinajstić information content (AvgIpc) is 2.04. The maximum atomic E-state index is 5.60. The highest BCUT2D eigenvalue weighted by atomic mass is 35.5. The number of anilines is 1. The Kier molecular flexibility index (Phi) is 2.87. The van der Waals surface area contributed by atoms with Crippen LogP contribution >= 0.6 is 11.6 Å². The van der Waals surface area contributed by atoms with Crippen molar-refractivity contribution in [3.8, 4) is 0 Å². The summed E-state index contributed by atoms with van der Waals surface area (Å²) in [5, 5.41) is 8.13. The van der Waals surface area contributed by atoms with Crippen LogP contribution in [0.5, 0.6) is 0 Å². The van der Waals surface area contributed by atoms with Crippen LogP contribution in [0.25, 0.3) is 0 Å². The predicted octanol–water partition coefficient (Wildman–Crippen LogP) is 1.97. The molecule has 0 aliphatic rings. The van der Waals surface area contributed by atoms with Crippen molar-refractivity contribution in [1.82, 2.24) is 10.2 Å². The number of hydrogen-bond donors (Lipinski definition) is 0. The minimum atomic E-state index is 0.417. The van der Waals surface area contributed by atoms with Crippen LogP contribution in [0.2, 0.25) is 5.15 Å². The molecule has 1 aromatic heterocycles. The lowest BCUT2D eigenvalue weighted by Crippen LogP contribution is -2.26. The van der Waals surface area contributed by atoms with Gasteiger partial charge in [0.05, 0.1) is 0 Å². The molecule has 66 valence electrons. The van der Waals surface area contributed by atoms with Crippen molar-refractivity contribution >= 4 is 17.4 Å². The topological polar surface area (TPSA) is 29.0 Å². The molecule has 0 atom stereocenters. The van der Waals surface area contributed by atoms with Crippen molar-refractivity contribution in [2.24, 2.45) is 0 Å². The molecule has 1 heterocycles. The van der Waals surface area contributed by atoms with Crippen LogP contribution in [-0.2, 0) is 0 Å². The van der Waals surface area contributed by atoms with Crippen LogP contribution in [0.3, 0.4) is 0 Å². The molecule has 3 nitrogen and oxygen atoms in total. The van der Waals surface area contributed by atoms with Crippen LogP contribution in [-0.4, -0.2) is 23.3 Å². The van der Waals surface area contributed by atoms with E-state index >= 15 is 0 Å². The lowest BCUT2D eigenvalue weighted by molar-refractivity contribution is 0.734. The van der Waals surface area contributed by atoms with Gasteiger partial charge in [-0.25, -0.2) is 0 Å². The van der Waals surface area contributed by atoms with Gasteiger partial charge >= 0.3 is 0 Å². The van der Waals surface area contributed by atoms with Gasteiger partial charge in [-0.15, -0.1) is 10.2 Å². The average molecular weight is 186 g/mol. The largest absolute Gasteiger partial charge is 0.356 e. The van der Waals surface area contributed by atoms with Gasteiger partial charge < -0.3 is 4.90 Å². The molecule has 1 aromatic rings. The van der Waals surface area contributed by atoms with E-state index in [9.17, 15) is 0 Å². The molecule has 0 bridgehead atoms. The summed E-state index contributed by atoms with van der Waals surface area (Å²) in [7, 11) is 1.97. The van der Waals surface area contributed by atoms with Crippen LogP contribution in [0, 0.1) is 0 Å². The normalized spacial score (nSPS) is 10.4. The Morgan fingerprint density at radius 1 is 1.33 bits per heavy atom. The van der Waals surface area contributed by atoms with Gasteiger partial charge in [0.1, 0.15) is 0 Å². The summed E-state index contributed by atoms with van der Waals surface area (Å²) in [6.07, 6.45) is 0. The van der Waals surface area contributed by atoms with E-state index in [1.165, 1.54) is 0 Å². The SMILES string of the molecule is CC(C)N(C)c1ccc(Cl)nn1. The summed E-state index contributed by atoms with van der Waals surface area (Å²) in [5.41, 5.74) is 0. The first-order valence-electron chi connectivity index (χ1n) is 3.83. The molecule has 0 saturated heterocycles. The Labute approximate surface area is 77.4 Å². The van der Waals surface area contributed by atoms with Crippen molar-refractivity contribution < 1.29 is 0 Å². The third-order valence-electron chi connectivity index (χ3n) is 1.75. The van der Waals surface area contributed by atoms with Gasteiger partial charge in [0, 0.05) is 13.1 Å². The van der Waals surface area contributed by atoms with E-state index in [1.54, 1.807) is 6.07 Å². The molecule has 12 heavy (non-hydrogen) atoms. The molecule has 0 saturated carbocycles. The van der Waals surface area contributed by atoms with E-state index in [2.05, 4.69) is 24.0 Å². The molecular weight excluding hydrogens is 174 g/mol. The van der Waals surface area contributed by atoms with E-state index in [0.717, 1.165) is 5.82 Å². The zero-order valence-electron chi connectivity index (χ0n) is 7.45. The van der Waals surface area contributed by atoms with Crippen LogP contribution in [0.15, 0.2) is 12.1 Å². The highest BCUT2D eigenvalue weighted by molar-refractivity contribution is 6.29. The van der Waals surface area contributed by atoms with Gasteiger partial charge in [-0.1, -0.05) is 11.6 Å². The lowest BCUT2D eigenvalue weighted by atomic mass is 10.3. The first-order valence-corrected chi connectivity index (χ1v) is 4.21. The maximum Gasteiger partial charge on any atom is 0.151 e. The zero-order chi connectivity index (χ0) is 9.14. The zero-order valence-corrected chi connectivity index (χ0v) is 8.21. The summed E-state index contributed by atoms with van der Waals surface area (Å²) in [6.45, 7) is 4.19. The monoisotopic (exact) mass is 185 g/mol. The molecule has 0 radical (unpaired) electrons. The molecule has 0 aromatic carbocycles. The fraction of sp³-hybridized carbons (Fsp3) is 0.500. The molecule has 0 amide bonds. The maximum absolute atomic E-state index is 5.60. The summed E-state index contributed by atoms with van der Waals surface area (Å²) in [6, 6.07) is 4.01. The quantitative estimate of drug-likeness (QED) is 0.706. The number of rotatable bonds is 2. The second-order valence-corrected chi connectivity index (χ2v) is 3.31. The van der Waals surface area contributed by atoms with Crippen molar-refractivity contribution in [1.29, 1.82) is 0 Å². The lowest BCUT2D eigenvalue weighted by Gasteiger charge is -2.21. The first kappa shape index (κ1) is 9.26. The molecule has 0 unspecified atom stereocenters. The number of hydrogen-bond acceptors (Lipinski definition) is 3. The van der Waals surface area contributed by atoms with Crippen molar-refractivity contribution in [2.45, 2.75) is 19.9 Å². The summed E-state index contributed by atoms with van der Waals surface area (Å²) < 4.78 is 0. The minimum Gasteiger partial charge on any atom is -0.356 e. The van der Waals surface area contributed by atoms with Gasteiger partial charge in [0.15, 0.2) is 11.0 Å². The van der Waals surface area contributed by atoms with E-state index < -0.39 is 0 Å². The minimum absolute atomic E-state index is 0.417. The second-order valence-electron chi connectivity index (χ2n) is 2.92. The summed E-state index contributed by atoms with van der Waals surface area (Å²) in [4.78, 5) is 2.03. The molecule has 0 fully saturated rings. The number of halogens is 1. The fourth-order valence-electron chi connectivity index (χ4n) is 0.762. The Morgan fingerprint density at radius 2 is 2.00 bits per heavy atom. The summed E-state index contributed by atoms with van der Waals surface area (Å²) in [5.74, 6) is 0.842. The highest BCUT2D eigenvalue weighted by Crippen LogP contribution is 2.11. The van der Waals surface area contributed by atoms with Gasteiger partial charge in [0.2, 0.25) is 0 Å². The molecule has 0 aliphatic heterocycles. The van der Waals surface area contributed by atoms with E-state index in [-0.39, 0.29) is 0 Å². The second kappa shape index (κ2) is 3.72. The van der Waals surface area contributed by atoms with Crippen LogP contribution < -0.4 is 4.90 Å². The molecule has 4 heteroatoms. The van der Waals surface area contributed by atoms with E-state index in [0.29, 0.717) is 11.2 Å². The van der Waals surface area contributed by atoms with Crippen molar-refractivity contribution in [3.63, 3.8) is 0 Å². The molecule has 0 N–H and O–H groups in total. The third kappa shape index (κ3) is 2.08.